The Morgan fingerprint density at radius 2 is 2.05 bits per heavy atom. The second kappa shape index (κ2) is 6.69. The lowest BCUT2D eigenvalue weighted by molar-refractivity contribution is -0.130. The Bertz CT molecular complexity index is 516. The van der Waals surface area contributed by atoms with Crippen LogP contribution in [0, 0.1) is 0 Å². The van der Waals surface area contributed by atoms with Gasteiger partial charge in [-0.05, 0) is 41.3 Å². The Balaban J connectivity index is 1.99. The third kappa shape index (κ3) is 3.69. The quantitative estimate of drug-likeness (QED) is 0.874. The zero-order chi connectivity index (χ0) is 14.5. The van der Waals surface area contributed by atoms with Gasteiger partial charge >= 0.3 is 5.97 Å². The maximum absolute atomic E-state index is 12.0. The second-order valence-electron chi connectivity index (χ2n) is 4.65. The van der Waals surface area contributed by atoms with Gasteiger partial charge in [0.05, 0.1) is 6.54 Å². The number of carbonyl (C=O) groups excluding carboxylic acids is 1. The fraction of sp³-hybridized carbons (Fsp3) is 0.462. The van der Waals surface area contributed by atoms with Crippen LogP contribution in [0.5, 0.6) is 0 Å². The van der Waals surface area contributed by atoms with Crippen molar-refractivity contribution >= 4 is 33.6 Å². The summed E-state index contributed by atoms with van der Waals surface area (Å²) >= 11 is 3.18. The van der Waals surface area contributed by atoms with E-state index in [1.54, 1.807) is 4.90 Å². The predicted molar refractivity (Wildman–Crippen MR) is 77.8 cm³/mol. The number of aromatic carboxylic acids is 1. The lowest BCUT2D eigenvalue weighted by Crippen LogP contribution is -2.39. The molecule has 0 saturated carbocycles. The number of amides is 1. The normalized spacial score (nSPS) is 14.9. The molecule has 20 heavy (non-hydrogen) atoms. The number of carbonyl (C=O) groups is 2. The van der Waals surface area contributed by atoms with Gasteiger partial charge in [-0.2, -0.15) is 0 Å². The van der Waals surface area contributed by atoms with E-state index in [2.05, 4.69) is 26.2 Å². The van der Waals surface area contributed by atoms with Crippen molar-refractivity contribution in [2.75, 3.05) is 25.0 Å². The van der Waals surface area contributed by atoms with Crippen LogP contribution in [0.1, 0.15) is 29.6 Å². The Labute approximate surface area is 125 Å². The molecular formula is C13H16BrN3O3. The number of nitrogens with one attached hydrogen (secondary N) is 1. The minimum atomic E-state index is -1.08. The van der Waals surface area contributed by atoms with Crippen molar-refractivity contribution in [2.24, 2.45) is 0 Å². The molecule has 0 atom stereocenters. The highest BCUT2D eigenvalue weighted by Crippen LogP contribution is 2.18. The molecule has 0 unspecified atom stereocenters. The van der Waals surface area contributed by atoms with Crippen molar-refractivity contribution in [3.8, 4) is 0 Å². The highest BCUT2D eigenvalue weighted by molar-refractivity contribution is 9.10. The van der Waals surface area contributed by atoms with Crippen molar-refractivity contribution in [1.29, 1.82) is 0 Å². The van der Waals surface area contributed by atoms with Crippen molar-refractivity contribution in [2.45, 2.75) is 19.3 Å². The third-order valence-corrected chi connectivity index (χ3v) is 3.63. The molecule has 1 aliphatic heterocycles. The van der Waals surface area contributed by atoms with Crippen LogP contribution in [0.15, 0.2) is 16.7 Å². The molecule has 1 aromatic heterocycles. The van der Waals surface area contributed by atoms with E-state index in [4.69, 9.17) is 5.11 Å². The molecule has 2 N–H and O–H groups in total. The molecular weight excluding hydrogens is 326 g/mol. The first-order valence-corrected chi connectivity index (χ1v) is 7.27. The van der Waals surface area contributed by atoms with Crippen LogP contribution in [0.4, 0.5) is 5.82 Å². The Kier molecular flexibility index (Phi) is 4.94. The van der Waals surface area contributed by atoms with Crippen LogP contribution in [-0.4, -0.2) is 46.5 Å². The van der Waals surface area contributed by atoms with Gasteiger partial charge in [0.1, 0.15) is 11.4 Å². The molecule has 1 saturated heterocycles. The van der Waals surface area contributed by atoms with Gasteiger partial charge in [0.2, 0.25) is 5.91 Å². The average Bonchev–Trinajstić information content (AvgIpc) is 2.46. The number of nitrogens with zero attached hydrogens (tertiary/aromatic N) is 2. The van der Waals surface area contributed by atoms with E-state index in [0.29, 0.717) is 4.47 Å². The van der Waals surface area contributed by atoms with Crippen LogP contribution in [0.2, 0.25) is 0 Å². The van der Waals surface area contributed by atoms with Gasteiger partial charge in [0.15, 0.2) is 0 Å². The van der Waals surface area contributed by atoms with Crippen LogP contribution in [-0.2, 0) is 4.79 Å². The smallest absolute Gasteiger partial charge is 0.339 e. The van der Waals surface area contributed by atoms with Crippen LogP contribution < -0.4 is 5.32 Å². The third-order valence-electron chi connectivity index (χ3n) is 3.20. The fourth-order valence-corrected chi connectivity index (χ4v) is 2.49. The van der Waals surface area contributed by atoms with Gasteiger partial charge in [0.25, 0.3) is 0 Å². The lowest BCUT2D eigenvalue weighted by Gasteiger charge is -2.26. The maximum Gasteiger partial charge on any atom is 0.339 e. The van der Waals surface area contributed by atoms with Crippen molar-refractivity contribution in [3.63, 3.8) is 0 Å². The predicted octanol–water partition coefficient (Wildman–Crippen LogP) is 1.97. The van der Waals surface area contributed by atoms with Gasteiger partial charge in [-0.1, -0.05) is 0 Å². The van der Waals surface area contributed by atoms with Gasteiger partial charge < -0.3 is 15.3 Å². The van der Waals surface area contributed by atoms with E-state index in [9.17, 15) is 9.59 Å². The summed E-state index contributed by atoms with van der Waals surface area (Å²) in [5, 5.41) is 11.9. The van der Waals surface area contributed by atoms with Crippen LogP contribution >= 0.6 is 15.9 Å². The number of piperidine rings is 1. The number of carboxylic acids is 1. The van der Waals surface area contributed by atoms with Gasteiger partial charge in [-0.25, -0.2) is 9.78 Å². The van der Waals surface area contributed by atoms with Crippen molar-refractivity contribution < 1.29 is 14.7 Å². The molecule has 1 aromatic rings. The van der Waals surface area contributed by atoms with E-state index < -0.39 is 5.97 Å². The van der Waals surface area contributed by atoms with E-state index >= 15 is 0 Å². The molecule has 0 aliphatic carbocycles. The van der Waals surface area contributed by atoms with Crippen molar-refractivity contribution in [3.05, 3.63) is 22.3 Å². The topological polar surface area (TPSA) is 82.5 Å². The minimum absolute atomic E-state index is 0.0224. The highest BCUT2D eigenvalue weighted by Gasteiger charge is 2.18. The molecule has 0 spiro atoms. The van der Waals surface area contributed by atoms with E-state index in [0.717, 1.165) is 32.4 Å². The number of carboxylic acid groups (broad SMARTS) is 1. The Morgan fingerprint density at radius 1 is 1.35 bits per heavy atom. The molecule has 6 nitrogen and oxygen atoms in total. The fourth-order valence-electron chi connectivity index (χ4n) is 2.16. The molecule has 0 aromatic carbocycles. The summed E-state index contributed by atoms with van der Waals surface area (Å²) < 4.78 is 0.586. The largest absolute Gasteiger partial charge is 0.478 e. The zero-order valence-electron chi connectivity index (χ0n) is 10.9. The summed E-state index contributed by atoms with van der Waals surface area (Å²) in [5.41, 5.74) is 0.0471. The Morgan fingerprint density at radius 3 is 2.70 bits per heavy atom. The monoisotopic (exact) mass is 341 g/mol. The SMILES string of the molecule is O=C(O)c1cc(Br)cnc1NCC(=O)N1CCCCC1. The maximum atomic E-state index is 12.0. The molecule has 2 rings (SSSR count). The van der Waals surface area contributed by atoms with E-state index in [-0.39, 0.29) is 23.8 Å². The summed E-state index contributed by atoms with van der Waals surface area (Å²) in [6, 6.07) is 1.46. The number of anilines is 1. The molecule has 1 fully saturated rings. The summed E-state index contributed by atoms with van der Waals surface area (Å²) in [7, 11) is 0. The highest BCUT2D eigenvalue weighted by atomic mass is 79.9. The van der Waals surface area contributed by atoms with E-state index in [1.165, 1.54) is 12.3 Å². The Hall–Kier alpha value is -1.63. The van der Waals surface area contributed by atoms with Gasteiger partial charge in [-0.15, -0.1) is 0 Å². The molecule has 108 valence electrons. The average molecular weight is 342 g/mol. The molecule has 0 radical (unpaired) electrons. The first-order chi connectivity index (χ1) is 9.58. The minimum Gasteiger partial charge on any atom is -0.478 e. The molecule has 2 heterocycles. The van der Waals surface area contributed by atoms with E-state index in [1.807, 2.05) is 0 Å². The van der Waals surface area contributed by atoms with Crippen molar-refractivity contribution in [1.82, 2.24) is 9.88 Å². The lowest BCUT2D eigenvalue weighted by atomic mass is 10.1. The summed E-state index contributed by atoms with van der Waals surface area (Å²) in [6.45, 7) is 1.62. The second-order valence-corrected chi connectivity index (χ2v) is 5.57. The van der Waals surface area contributed by atoms with Gasteiger partial charge in [-0.3, -0.25) is 4.79 Å². The first-order valence-electron chi connectivity index (χ1n) is 6.48. The first kappa shape index (κ1) is 14.8. The standard InChI is InChI=1S/C13H16BrN3O3/c14-9-6-10(13(19)20)12(15-7-9)16-8-11(18)17-4-2-1-3-5-17/h6-7H,1-5,8H2,(H,15,16)(H,19,20). The zero-order valence-corrected chi connectivity index (χ0v) is 12.5. The molecule has 1 amide bonds. The number of pyridine rings is 1. The summed E-state index contributed by atoms with van der Waals surface area (Å²) in [5.74, 6) is -0.886. The molecule has 1 aliphatic rings. The number of rotatable bonds is 4. The van der Waals surface area contributed by atoms with Gasteiger partial charge in [0, 0.05) is 23.8 Å². The summed E-state index contributed by atoms with van der Waals surface area (Å²) in [4.78, 5) is 28.9. The van der Waals surface area contributed by atoms with Crippen LogP contribution in [0.3, 0.4) is 0 Å². The number of likely N-dealkylation sites (tertiary alicyclic amines) is 1. The number of halogens is 1. The number of hydrogen-bond acceptors (Lipinski definition) is 4. The summed E-state index contributed by atoms with van der Waals surface area (Å²) in [6.07, 6.45) is 4.72. The number of aromatic nitrogens is 1. The molecule has 7 heteroatoms. The molecule has 0 bridgehead atoms. The van der Waals surface area contributed by atoms with Crippen LogP contribution in [0.25, 0.3) is 0 Å². The number of hydrogen-bond donors (Lipinski definition) is 2.